The molecule has 0 rings (SSSR count). The van der Waals surface area contributed by atoms with Crippen LogP contribution in [0.3, 0.4) is 0 Å². The number of aliphatic hydroxyl groups excluding tert-OH is 12. The molecular weight excluding hydrogens is 696 g/mol. The van der Waals surface area contributed by atoms with Crippen molar-refractivity contribution in [2.75, 3.05) is 132 Å². The van der Waals surface area contributed by atoms with E-state index in [1.165, 1.54) is 0 Å². The minimum absolute atomic E-state index is 0.123. The zero-order chi connectivity index (χ0) is 38.3. The van der Waals surface area contributed by atoms with Crippen LogP contribution in [0.4, 0.5) is 0 Å². The van der Waals surface area contributed by atoms with Crippen LogP contribution in [-0.4, -0.2) is 254 Å². The van der Waals surface area contributed by atoms with Crippen molar-refractivity contribution in [3.8, 4) is 0 Å². The Morgan fingerprint density at radius 3 is 0.392 bits per heavy atom. The normalized spacial score (nSPS) is 18.1. The maximum Gasteiger partial charge on any atom is 0.101 e. The summed E-state index contributed by atoms with van der Waals surface area (Å²) in [6.07, 6.45) is -10.3. The first-order chi connectivity index (χ1) is 24.4. The van der Waals surface area contributed by atoms with Crippen molar-refractivity contribution < 1.29 is 104 Å². The molecule has 0 aromatic carbocycles. The summed E-state index contributed by atoms with van der Waals surface area (Å²) in [5.41, 5.74) is 0. The van der Waals surface area contributed by atoms with Crippen molar-refractivity contribution in [2.24, 2.45) is 0 Å². The molecule has 0 bridgehead atoms. The molecule has 0 fully saturated rings. The van der Waals surface area contributed by atoms with Crippen molar-refractivity contribution in [1.29, 1.82) is 0 Å². The van der Waals surface area contributed by atoms with Gasteiger partial charge in [0.1, 0.15) is 61.0 Å². The van der Waals surface area contributed by atoms with Crippen molar-refractivity contribution in [3.63, 3.8) is 0 Å². The Kier molecular flexibility index (Phi) is 33.2. The molecular formula is C30H62O21. The van der Waals surface area contributed by atoms with Gasteiger partial charge < -0.3 is 104 Å². The Bertz CT molecular complexity index is 686. The van der Waals surface area contributed by atoms with Crippen LogP contribution in [0.25, 0.3) is 0 Å². The summed E-state index contributed by atoms with van der Waals surface area (Å²) in [6.45, 7) is -3.68. The molecule has 0 radical (unpaired) electrons. The summed E-state index contributed by atoms with van der Waals surface area (Å²) in [6, 6.07) is 0. The Morgan fingerprint density at radius 2 is 0.294 bits per heavy atom. The van der Waals surface area contributed by atoms with Crippen LogP contribution < -0.4 is 0 Å². The minimum Gasteiger partial charge on any atom is -0.394 e. The molecule has 12 N–H and O–H groups in total. The second-order valence-electron chi connectivity index (χ2n) is 11.7. The summed E-state index contributed by atoms with van der Waals surface area (Å²) in [4.78, 5) is 0. The third kappa shape index (κ3) is 33.5. The van der Waals surface area contributed by atoms with Crippen molar-refractivity contribution in [3.05, 3.63) is 0 Å². The zero-order valence-corrected chi connectivity index (χ0v) is 29.0. The summed E-state index contributed by atoms with van der Waals surface area (Å²) >= 11 is 0. The van der Waals surface area contributed by atoms with Crippen LogP contribution >= 0.6 is 0 Å². The van der Waals surface area contributed by atoms with Gasteiger partial charge in [0, 0.05) is 0 Å². The fourth-order valence-electron chi connectivity index (χ4n) is 3.55. The van der Waals surface area contributed by atoms with Gasteiger partial charge in [-0.2, -0.15) is 0 Å². The predicted octanol–water partition coefficient (Wildman–Crippen LogP) is -7.27. The van der Waals surface area contributed by atoms with Crippen LogP contribution in [0.1, 0.15) is 0 Å². The second-order valence-corrected chi connectivity index (χ2v) is 11.7. The van der Waals surface area contributed by atoms with Crippen LogP contribution in [-0.2, 0) is 42.6 Å². The highest BCUT2D eigenvalue weighted by Crippen LogP contribution is 1.99. The molecule has 0 amide bonds. The van der Waals surface area contributed by atoms with E-state index in [0.29, 0.717) is 0 Å². The van der Waals surface area contributed by atoms with Gasteiger partial charge in [0.05, 0.1) is 132 Å². The molecule has 0 spiro atoms. The summed E-state index contributed by atoms with van der Waals surface area (Å²) in [5.74, 6) is 0. The Morgan fingerprint density at radius 1 is 0.196 bits per heavy atom. The Labute approximate surface area is 297 Å². The smallest absolute Gasteiger partial charge is 0.101 e. The second kappa shape index (κ2) is 33.7. The third-order valence-corrected chi connectivity index (χ3v) is 6.01. The Hall–Kier alpha value is -0.840. The van der Waals surface area contributed by atoms with Gasteiger partial charge in [-0.25, -0.2) is 0 Å². The maximum atomic E-state index is 9.95. The van der Waals surface area contributed by atoms with E-state index in [1.54, 1.807) is 0 Å². The van der Waals surface area contributed by atoms with E-state index in [2.05, 4.69) is 0 Å². The summed E-state index contributed by atoms with van der Waals surface area (Å²) < 4.78 is 46.3. The monoisotopic (exact) mass is 758 g/mol. The van der Waals surface area contributed by atoms with Gasteiger partial charge >= 0.3 is 0 Å². The lowest BCUT2D eigenvalue weighted by Crippen LogP contribution is -2.32. The highest BCUT2D eigenvalue weighted by atomic mass is 16.6. The van der Waals surface area contributed by atoms with Gasteiger partial charge in [0.25, 0.3) is 0 Å². The third-order valence-electron chi connectivity index (χ3n) is 6.01. The van der Waals surface area contributed by atoms with E-state index >= 15 is 0 Å². The molecule has 0 aliphatic rings. The zero-order valence-electron chi connectivity index (χ0n) is 29.0. The molecule has 21 heteroatoms. The van der Waals surface area contributed by atoms with Crippen LogP contribution in [0.15, 0.2) is 0 Å². The lowest BCUT2D eigenvalue weighted by Gasteiger charge is -2.18. The first kappa shape index (κ1) is 50.2. The SMILES string of the molecule is OC[C@@H](O)COC[C@H](O)COC[C@@H](O)COC[C@@H](O)COC[C@@H](O)COC[C@@H](O)COC[C@@H](O)COC[C@@H](O)COC[C@@H](O)COC[C@@H](O)CO. The van der Waals surface area contributed by atoms with Gasteiger partial charge in [-0.3, -0.25) is 0 Å². The van der Waals surface area contributed by atoms with Crippen molar-refractivity contribution >= 4 is 0 Å². The van der Waals surface area contributed by atoms with E-state index in [-0.39, 0.29) is 119 Å². The van der Waals surface area contributed by atoms with E-state index in [9.17, 15) is 40.9 Å². The topological polar surface area (TPSA) is 326 Å². The molecule has 0 aliphatic heterocycles. The molecule has 21 nitrogen and oxygen atoms in total. The van der Waals surface area contributed by atoms with Crippen LogP contribution in [0.5, 0.6) is 0 Å². The average molecular weight is 759 g/mol. The lowest BCUT2D eigenvalue weighted by atomic mass is 10.3. The molecule has 0 aromatic rings. The van der Waals surface area contributed by atoms with Gasteiger partial charge in [-0.1, -0.05) is 0 Å². The molecule has 10 atom stereocenters. The number of aliphatic hydroxyl groups is 12. The highest BCUT2D eigenvalue weighted by molar-refractivity contribution is 4.62. The van der Waals surface area contributed by atoms with E-state index < -0.39 is 74.3 Å². The minimum atomic E-state index is -1.05. The van der Waals surface area contributed by atoms with E-state index in [4.69, 9.17) is 63.1 Å². The standard InChI is InChI=1S/C30H62O21/c31-1-21(33)3-43-5-23(35)7-45-9-25(37)11-47-13-27(39)15-49-17-29(41)19-51-20-30(42)18-50-16-28(40)14-48-12-26(38)10-46-8-24(36)6-44-4-22(34)2-32/h21-42H,1-20H2/t21-,22+,23-,24-,25-,26+,27-,28+,29-,30+/m0/s1. The highest BCUT2D eigenvalue weighted by Gasteiger charge is 2.15. The number of rotatable bonds is 38. The maximum absolute atomic E-state index is 9.95. The largest absolute Gasteiger partial charge is 0.394 e. The molecule has 0 heterocycles. The number of hydrogen-bond donors (Lipinski definition) is 12. The number of ether oxygens (including phenoxy) is 9. The van der Waals surface area contributed by atoms with Crippen LogP contribution in [0, 0.1) is 0 Å². The fourth-order valence-corrected chi connectivity index (χ4v) is 3.55. The molecule has 0 saturated carbocycles. The predicted molar refractivity (Wildman–Crippen MR) is 172 cm³/mol. The van der Waals surface area contributed by atoms with Crippen molar-refractivity contribution in [2.45, 2.75) is 61.0 Å². The molecule has 0 aliphatic carbocycles. The van der Waals surface area contributed by atoms with Gasteiger partial charge in [0.2, 0.25) is 0 Å². The quantitative estimate of drug-likeness (QED) is 0.0278. The first-order valence-corrected chi connectivity index (χ1v) is 16.6. The number of hydrogen-bond acceptors (Lipinski definition) is 21. The summed E-state index contributed by atoms with van der Waals surface area (Å²) in [7, 11) is 0. The van der Waals surface area contributed by atoms with Crippen LogP contribution in [0.2, 0.25) is 0 Å². The molecule has 0 saturated heterocycles. The van der Waals surface area contributed by atoms with Gasteiger partial charge in [-0.05, 0) is 0 Å². The Balaban J connectivity index is 3.72. The fraction of sp³-hybridized carbons (Fsp3) is 1.00. The summed E-state index contributed by atoms with van der Waals surface area (Å²) in [5, 5.41) is 115. The molecule has 0 aromatic heterocycles. The molecule has 51 heavy (non-hydrogen) atoms. The first-order valence-electron chi connectivity index (χ1n) is 16.6. The van der Waals surface area contributed by atoms with Gasteiger partial charge in [0.15, 0.2) is 0 Å². The van der Waals surface area contributed by atoms with E-state index in [1.807, 2.05) is 0 Å². The van der Waals surface area contributed by atoms with Crippen molar-refractivity contribution in [1.82, 2.24) is 0 Å². The average Bonchev–Trinajstić information content (AvgIpc) is 3.08. The molecule has 0 unspecified atom stereocenters. The lowest BCUT2D eigenvalue weighted by molar-refractivity contribution is -0.0897. The van der Waals surface area contributed by atoms with E-state index in [0.717, 1.165) is 0 Å². The van der Waals surface area contributed by atoms with Gasteiger partial charge in [-0.15, -0.1) is 0 Å². The molecule has 308 valence electrons.